The van der Waals surface area contributed by atoms with Crippen molar-refractivity contribution in [1.29, 1.82) is 0 Å². The largest absolute Gasteiger partial charge is 0.444 e. The van der Waals surface area contributed by atoms with Crippen LogP contribution in [0.15, 0.2) is 61.2 Å². The van der Waals surface area contributed by atoms with E-state index in [9.17, 15) is 14.4 Å². The Morgan fingerprint density at radius 2 is 1.73 bits per heavy atom. The van der Waals surface area contributed by atoms with Crippen LogP contribution in [-0.2, 0) is 20.9 Å². The van der Waals surface area contributed by atoms with Crippen molar-refractivity contribution in [2.75, 3.05) is 6.54 Å². The highest BCUT2D eigenvalue weighted by molar-refractivity contribution is 5.92. The zero-order valence-corrected chi connectivity index (χ0v) is 25.0. The van der Waals surface area contributed by atoms with Gasteiger partial charge in [0.15, 0.2) is 0 Å². The van der Waals surface area contributed by atoms with Crippen molar-refractivity contribution in [3.8, 4) is 0 Å². The summed E-state index contributed by atoms with van der Waals surface area (Å²) in [5.74, 6) is -0.467. The SMILES string of the molecule is C=Cc1cccc(C(C(=O)NCc2ccccc2)N(CCCCC)C(=O)C(CC(C)C)NC(=O)OC(C)(C)C)c1. The smallest absolute Gasteiger partial charge is 0.408 e. The van der Waals surface area contributed by atoms with Gasteiger partial charge in [-0.2, -0.15) is 0 Å². The predicted molar refractivity (Wildman–Crippen MR) is 161 cm³/mol. The lowest BCUT2D eigenvalue weighted by atomic mass is 9.97. The van der Waals surface area contributed by atoms with Gasteiger partial charge >= 0.3 is 6.09 Å². The number of ether oxygens (including phenoxy) is 1. The highest BCUT2D eigenvalue weighted by Gasteiger charge is 2.36. The van der Waals surface area contributed by atoms with E-state index in [0.717, 1.165) is 30.4 Å². The number of nitrogens with one attached hydrogen (secondary N) is 2. The fourth-order valence-corrected chi connectivity index (χ4v) is 4.45. The van der Waals surface area contributed by atoms with Crippen LogP contribution in [0.1, 0.15) is 90.0 Å². The van der Waals surface area contributed by atoms with Crippen molar-refractivity contribution in [3.05, 3.63) is 77.9 Å². The Morgan fingerprint density at radius 1 is 1.02 bits per heavy atom. The van der Waals surface area contributed by atoms with Gasteiger partial charge in [0, 0.05) is 13.1 Å². The molecular weight excluding hydrogens is 502 g/mol. The number of carbonyl (C=O) groups excluding carboxylic acids is 3. The van der Waals surface area contributed by atoms with Crippen molar-refractivity contribution < 1.29 is 19.1 Å². The van der Waals surface area contributed by atoms with Crippen molar-refractivity contribution in [2.45, 2.75) is 91.5 Å². The molecule has 7 heteroatoms. The van der Waals surface area contributed by atoms with Crippen LogP contribution in [-0.4, -0.2) is 41.0 Å². The van der Waals surface area contributed by atoms with Crippen molar-refractivity contribution in [1.82, 2.24) is 15.5 Å². The molecule has 0 saturated heterocycles. The summed E-state index contributed by atoms with van der Waals surface area (Å²) in [7, 11) is 0. The van der Waals surface area contributed by atoms with Crippen LogP contribution in [0, 0.1) is 5.92 Å². The van der Waals surface area contributed by atoms with Gasteiger partial charge in [-0.15, -0.1) is 0 Å². The summed E-state index contributed by atoms with van der Waals surface area (Å²) in [4.78, 5) is 42.6. The van der Waals surface area contributed by atoms with Crippen LogP contribution in [0.5, 0.6) is 0 Å². The molecule has 0 aliphatic heterocycles. The molecule has 0 aromatic heterocycles. The van der Waals surface area contributed by atoms with Gasteiger partial charge in [0.2, 0.25) is 11.8 Å². The highest BCUT2D eigenvalue weighted by Crippen LogP contribution is 2.26. The number of benzene rings is 2. The van der Waals surface area contributed by atoms with Gasteiger partial charge in [0.25, 0.3) is 0 Å². The van der Waals surface area contributed by atoms with E-state index in [1.165, 1.54) is 0 Å². The first-order valence-electron chi connectivity index (χ1n) is 14.3. The normalized spacial score (nSPS) is 12.8. The van der Waals surface area contributed by atoms with Crippen LogP contribution in [0.3, 0.4) is 0 Å². The van der Waals surface area contributed by atoms with Gasteiger partial charge in [0.05, 0.1) is 0 Å². The van der Waals surface area contributed by atoms with Gasteiger partial charge in [-0.25, -0.2) is 4.79 Å². The summed E-state index contributed by atoms with van der Waals surface area (Å²) < 4.78 is 5.48. The topological polar surface area (TPSA) is 87.7 Å². The van der Waals surface area contributed by atoms with Crippen LogP contribution in [0.25, 0.3) is 6.08 Å². The van der Waals surface area contributed by atoms with Crippen LogP contribution < -0.4 is 10.6 Å². The number of rotatable bonds is 14. The van der Waals surface area contributed by atoms with Crippen LogP contribution in [0.2, 0.25) is 0 Å². The van der Waals surface area contributed by atoms with Crippen LogP contribution >= 0.6 is 0 Å². The second kappa shape index (κ2) is 15.8. The Balaban J connectivity index is 2.50. The molecular formula is C33H47N3O4. The van der Waals surface area contributed by atoms with Gasteiger partial charge in [-0.1, -0.05) is 94.8 Å². The minimum Gasteiger partial charge on any atom is -0.444 e. The maximum atomic E-state index is 14.3. The predicted octanol–water partition coefficient (Wildman–Crippen LogP) is 6.65. The summed E-state index contributed by atoms with van der Waals surface area (Å²) in [5.41, 5.74) is 1.79. The third-order valence-electron chi connectivity index (χ3n) is 6.31. The lowest BCUT2D eigenvalue weighted by Gasteiger charge is -2.35. The maximum Gasteiger partial charge on any atom is 0.408 e. The fourth-order valence-electron chi connectivity index (χ4n) is 4.45. The summed E-state index contributed by atoms with van der Waals surface area (Å²) in [6.45, 7) is 16.0. The summed E-state index contributed by atoms with van der Waals surface area (Å²) >= 11 is 0. The standard InChI is InChI=1S/C33H47N3O4/c1-8-10-14-20-36(31(38)28(21-24(3)4)35-32(39)40-33(5,6)7)29(27-19-15-18-25(9-2)22-27)30(37)34-23-26-16-12-11-13-17-26/h9,11-13,15-19,22,24,28-29H,2,8,10,14,20-21,23H2,1,3-7H3,(H,34,37)(H,35,39). The molecule has 2 atom stereocenters. The number of alkyl carbamates (subject to hydrolysis) is 1. The number of hydrogen-bond donors (Lipinski definition) is 2. The van der Waals surface area contributed by atoms with Gasteiger partial charge in [-0.05, 0) is 62.3 Å². The first-order valence-corrected chi connectivity index (χ1v) is 14.3. The second-order valence-electron chi connectivity index (χ2n) is 11.5. The minimum absolute atomic E-state index is 0.121. The molecule has 2 aromatic carbocycles. The molecule has 0 aliphatic rings. The van der Waals surface area contributed by atoms with Gasteiger partial charge in [-0.3, -0.25) is 9.59 Å². The van der Waals surface area contributed by atoms with Crippen LogP contribution in [0.4, 0.5) is 4.79 Å². The monoisotopic (exact) mass is 549 g/mol. The molecule has 218 valence electrons. The van der Waals surface area contributed by atoms with E-state index in [1.807, 2.05) is 68.4 Å². The van der Waals surface area contributed by atoms with Crippen molar-refractivity contribution in [3.63, 3.8) is 0 Å². The third-order valence-corrected chi connectivity index (χ3v) is 6.31. The van der Waals surface area contributed by atoms with E-state index in [4.69, 9.17) is 4.74 Å². The Morgan fingerprint density at radius 3 is 2.33 bits per heavy atom. The van der Waals surface area contributed by atoms with E-state index in [-0.39, 0.29) is 17.7 Å². The van der Waals surface area contributed by atoms with E-state index in [1.54, 1.807) is 31.7 Å². The third kappa shape index (κ3) is 10.9. The molecule has 40 heavy (non-hydrogen) atoms. The minimum atomic E-state index is -0.886. The Bertz CT molecular complexity index is 1110. The Kier molecular flexibility index (Phi) is 12.9. The average Bonchev–Trinajstić information content (AvgIpc) is 2.90. The molecule has 2 unspecified atom stereocenters. The first-order chi connectivity index (χ1) is 18.9. The molecule has 0 fully saturated rings. The molecule has 0 bridgehead atoms. The summed E-state index contributed by atoms with van der Waals surface area (Å²) in [6, 6.07) is 15.5. The molecule has 7 nitrogen and oxygen atoms in total. The molecule has 2 aromatic rings. The van der Waals surface area contributed by atoms with Crippen molar-refractivity contribution >= 4 is 24.0 Å². The molecule has 2 rings (SSSR count). The quantitative estimate of drug-likeness (QED) is 0.259. The summed E-state index contributed by atoms with van der Waals surface area (Å²) in [6.07, 6.45) is 4.07. The number of nitrogens with zero attached hydrogens (tertiary/aromatic N) is 1. The van der Waals surface area contributed by atoms with Gasteiger partial charge < -0.3 is 20.3 Å². The fraction of sp³-hybridized carbons (Fsp3) is 0.485. The zero-order chi connectivity index (χ0) is 29.7. The molecule has 2 N–H and O–H groups in total. The number of carbonyl (C=O) groups is 3. The zero-order valence-electron chi connectivity index (χ0n) is 25.0. The second-order valence-corrected chi connectivity index (χ2v) is 11.5. The number of unbranched alkanes of at least 4 members (excludes halogenated alkanes) is 2. The highest BCUT2D eigenvalue weighted by atomic mass is 16.6. The maximum absolute atomic E-state index is 14.3. The lowest BCUT2D eigenvalue weighted by molar-refractivity contribution is -0.143. The number of hydrogen-bond acceptors (Lipinski definition) is 4. The first kappa shape index (κ1) is 32.6. The molecule has 0 heterocycles. The Hall–Kier alpha value is -3.61. The molecule has 0 radical (unpaired) electrons. The van der Waals surface area contributed by atoms with E-state index in [2.05, 4.69) is 24.1 Å². The summed E-state index contributed by atoms with van der Waals surface area (Å²) in [5, 5.41) is 5.84. The molecule has 0 spiro atoms. The van der Waals surface area contributed by atoms with E-state index in [0.29, 0.717) is 25.1 Å². The van der Waals surface area contributed by atoms with Crippen molar-refractivity contribution in [2.24, 2.45) is 5.92 Å². The van der Waals surface area contributed by atoms with E-state index >= 15 is 0 Å². The van der Waals surface area contributed by atoms with Gasteiger partial charge in [0.1, 0.15) is 17.7 Å². The average molecular weight is 550 g/mol. The Labute approximate surface area is 240 Å². The number of amides is 3. The lowest BCUT2D eigenvalue weighted by Crippen LogP contribution is -2.53. The van der Waals surface area contributed by atoms with E-state index < -0.39 is 23.8 Å². The molecule has 3 amide bonds. The molecule has 0 saturated carbocycles. The molecule has 0 aliphatic carbocycles.